The minimum atomic E-state index is -3.62. The van der Waals surface area contributed by atoms with Crippen molar-refractivity contribution in [3.8, 4) is 0 Å². The van der Waals surface area contributed by atoms with Gasteiger partial charge in [0, 0.05) is 60.0 Å². The van der Waals surface area contributed by atoms with Crippen LogP contribution in [0.15, 0.2) is 61.3 Å². The van der Waals surface area contributed by atoms with Crippen LogP contribution in [0.25, 0.3) is 10.9 Å². The predicted molar refractivity (Wildman–Crippen MR) is 122 cm³/mol. The maximum Gasteiger partial charge on any atom is 0.347 e. The van der Waals surface area contributed by atoms with Gasteiger partial charge in [0.25, 0.3) is 5.69 Å². The van der Waals surface area contributed by atoms with Gasteiger partial charge in [-0.25, -0.2) is 9.37 Å². The molecule has 4 aromatic rings. The molecule has 4 aromatic heterocycles. The Balaban J connectivity index is 1.45. The number of aromatic nitrogens is 4. The van der Waals surface area contributed by atoms with Gasteiger partial charge < -0.3 is 15.8 Å². The van der Waals surface area contributed by atoms with Gasteiger partial charge in [-0.3, -0.25) is 14.8 Å². The molecule has 12 heteroatoms. The second-order valence-electron chi connectivity index (χ2n) is 7.54. The van der Waals surface area contributed by atoms with Gasteiger partial charge in [-0.1, -0.05) is 11.6 Å². The highest BCUT2D eigenvalue weighted by Gasteiger charge is 2.39. The van der Waals surface area contributed by atoms with Gasteiger partial charge in [-0.2, -0.15) is 13.5 Å². The highest BCUT2D eigenvalue weighted by Crippen LogP contribution is 2.28. The summed E-state index contributed by atoms with van der Waals surface area (Å²) in [6, 6.07) is 7.17. The van der Waals surface area contributed by atoms with Gasteiger partial charge >= 0.3 is 5.92 Å². The maximum atomic E-state index is 15.0. The van der Waals surface area contributed by atoms with Crippen LogP contribution in [0, 0.1) is 11.0 Å². The molecule has 0 spiro atoms. The number of nitrogens with zero attached hydrogens (tertiary/aromatic N) is 4. The van der Waals surface area contributed by atoms with E-state index in [-0.39, 0.29) is 21.9 Å². The third-order valence-corrected chi connectivity index (χ3v) is 5.47. The third-order valence-electron chi connectivity index (χ3n) is 5.15. The summed E-state index contributed by atoms with van der Waals surface area (Å²) in [7, 11) is 0. The van der Waals surface area contributed by atoms with Crippen LogP contribution in [0.3, 0.4) is 0 Å². The van der Waals surface area contributed by atoms with Crippen LogP contribution in [-0.2, 0) is 23.7 Å². The molecule has 0 aliphatic heterocycles. The number of rotatable bonds is 8. The molecule has 0 saturated carbocycles. The number of carbonyl (C=O) groups is 1. The van der Waals surface area contributed by atoms with Crippen LogP contribution >= 0.6 is 11.6 Å². The van der Waals surface area contributed by atoms with Crippen LogP contribution in [0.5, 0.6) is 0 Å². The Morgan fingerprint density at radius 2 is 1.97 bits per heavy atom. The first-order chi connectivity index (χ1) is 16.8. The van der Waals surface area contributed by atoms with E-state index in [1.165, 1.54) is 12.1 Å². The molecule has 0 aliphatic carbocycles. The van der Waals surface area contributed by atoms with Crippen molar-refractivity contribution in [1.29, 1.82) is 0 Å². The molecule has 35 heavy (non-hydrogen) atoms. The van der Waals surface area contributed by atoms with Crippen molar-refractivity contribution >= 4 is 34.2 Å². The molecule has 0 saturated heterocycles. The summed E-state index contributed by atoms with van der Waals surface area (Å²) in [5.74, 6) is -5.74. The van der Waals surface area contributed by atoms with Crippen LogP contribution in [0.1, 0.15) is 16.8 Å². The van der Waals surface area contributed by atoms with E-state index < -0.39 is 42.1 Å². The fraction of sp³-hybridized carbons (Fsp3) is 0.174. The summed E-state index contributed by atoms with van der Waals surface area (Å²) in [5.41, 5.74) is 0.316. The number of pyridine rings is 4. The number of amides is 1. The molecular weight excluding hydrogens is 485 g/mol. The molecule has 4 heterocycles. The van der Waals surface area contributed by atoms with E-state index in [1.807, 2.05) is 6.07 Å². The standard InChI is InChI=1S/C23H18ClF3N6O2/c24-17-12-31-22(32-13-23(26,27)18-5-1-2-7-33(18)35)20(25)16(17)8-19(34)30-11-15-10-28-9-14-4-3-6-29-21(14)15/h1-7,9-10,12H,8,11,13H2,(H,30,34)(H,31,32). The van der Waals surface area contributed by atoms with Gasteiger partial charge in [-0.05, 0) is 18.2 Å². The molecule has 0 aliphatic rings. The lowest BCUT2D eigenvalue weighted by Crippen LogP contribution is -2.41. The number of fused-ring (bicyclic) bond motifs is 1. The van der Waals surface area contributed by atoms with Gasteiger partial charge in [0.2, 0.25) is 5.91 Å². The molecular formula is C23H18ClF3N6O2. The summed E-state index contributed by atoms with van der Waals surface area (Å²) in [6.07, 6.45) is 6.37. The Morgan fingerprint density at radius 3 is 2.77 bits per heavy atom. The minimum Gasteiger partial charge on any atom is -0.618 e. The van der Waals surface area contributed by atoms with E-state index in [2.05, 4.69) is 25.6 Å². The molecule has 0 atom stereocenters. The van der Waals surface area contributed by atoms with Crippen molar-refractivity contribution in [2.45, 2.75) is 18.9 Å². The average Bonchev–Trinajstić information content (AvgIpc) is 2.85. The van der Waals surface area contributed by atoms with Crippen LogP contribution in [0.2, 0.25) is 5.02 Å². The predicted octanol–water partition coefficient (Wildman–Crippen LogP) is 3.51. The fourth-order valence-corrected chi connectivity index (χ4v) is 3.59. The zero-order valence-electron chi connectivity index (χ0n) is 18.0. The van der Waals surface area contributed by atoms with Gasteiger partial charge in [0.1, 0.15) is 0 Å². The topological polar surface area (TPSA) is 107 Å². The SMILES string of the molecule is O=C(Cc1c(Cl)cnc(NCC(F)(F)c2cccc[n+]2[O-])c1F)NCc1cncc2cccnc12. The number of carbonyl (C=O) groups excluding carboxylic acids is 1. The second kappa shape index (κ2) is 10.1. The number of anilines is 1. The van der Waals surface area contributed by atoms with Gasteiger partial charge in [0.15, 0.2) is 17.8 Å². The average molecular weight is 503 g/mol. The molecule has 1 amide bonds. The van der Waals surface area contributed by atoms with E-state index in [4.69, 9.17) is 11.6 Å². The van der Waals surface area contributed by atoms with Crippen LogP contribution in [0.4, 0.5) is 19.0 Å². The third kappa shape index (κ3) is 5.40. The monoisotopic (exact) mass is 502 g/mol. The van der Waals surface area contributed by atoms with Crippen molar-refractivity contribution in [3.63, 3.8) is 0 Å². The minimum absolute atomic E-state index is 0.0318. The summed E-state index contributed by atoms with van der Waals surface area (Å²) in [4.78, 5) is 24.6. The van der Waals surface area contributed by atoms with E-state index >= 15 is 4.39 Å². The first kappa shape index (κ1) is 24.1. The molecule has 180 valence electrons. The Bertz CT molecular complexity index is 1380. The fourth-order valence-electron chi connectivity index (χ4n) is 3.39. The largest absolute Gasteiger partial charge is 0.618 e. The molecule has 0 bridgehead atoms. The van der Waals surface area contributed by atoms with Crippen LogP contribution < -0.4 is 15.4 Å². The van der Waals surface area contributed by atoms with E-state index in [9.17, 15) is 18.8 Å². The Kier molecular flexibility index (Phi) is 6.97. The lowest BCUT2D eigenvalue weighted by molar-refractivity contribution is -0.624. The lowest BCUT2D eigenvalue weighted by atomic mass is 10.1. The van der Waals surface area contributed by atoms with Gasteiger partial charge in [-0.15, -0.1) is 0 Å². The molecule has 0 radical (unpaired) electrons. The van der Waals surface area contributed by atoms with Crippen molar-refractivity contribution in [2.24, 2.45) is 0 Å². The first-order valence-corrected chi connectivity index (χ1v) is 10.7. The molecule has 2 N–H and O–H groups in total. The highest BCUT2D eigenvalue weighted by molar-refractivity contribution is 6.31. The maximum absolute atomic E-state index is 15.0. The number of halogens is 4. The summed E-state index contributed by atoms with van der Waals surface area (Å²) < 4.78 is 44.0. The van der Waals surface area contributed by atoms with Crippen LogP contribution in [-0.4, -0.2) is 27.4 Å². The first-order valence-electron chi connectivity index (χ1n) is 10.3. The zero-order chi connectivity index (χ0) is 25.0. The molecule has 0 unspecified atom stereocenters. The van der Waals surface area contributed by atoms with Crippen molar-refractivity contribution < 1.29 is 22.7 Å². The quantitative estimate of drug-likeness (QED) is 0.282. The zero-order valence-corrected chi connectivity index (χ0v) is 18.8. The van der Waals surface area contributed by atoms with E-state index in [0.29, 0.717) is 11.1 Å². The summed E-state index contributed by atoms with van der Waals surface area (Å²) in [5, 5.41) is 17.2. The number of alkyl halides is 2. The molecule has 0 aromatic carbocycles. The van der Waals surface area contributed by atoms with E-state index in [0.717, 1.165) is 23.8 Å². The number of hydrogen-bond acceptors (Lipinski definition) is 6. The Morgan fingerprint density at radius 1 is 1.14 bits per heavy atom. The Hall–Kier alpha value is -3.99. The highest BCUT2D eigenvalue weighted by atomic mass is 35.5. The van der Waals surface area contributed by atoms with Crippen molar-refractivity contribution in [3.05, 3.63) is 94.2 Å². The lowest BCUT2D eigenvalue weighted by Gasteiger charge is -2.17. The second-order valence-corrected chi connectivity index (χ2v) is 7.95. The molecule has 8 nitrogen and oxygen atoms in total. The number of hydrogen-bond donors (Lipinski definition) is 2. The smallest absolute Gasteiger partial charge is 0.347 e. The van der Waals surface area contributed by atoms with Gasteiger partial charge in [0.05, 0.1) is 23.5 Å². The van der Waals surface area contributed by atoms with Crippen molar-refractivity contribution in [1.82, 2.24) is 20.3 Å². The summed E-state index contributed by atoms with van der Waals surface area (Å²) in [6.45, 7) is -1.01. The number of nitrogens with one attached hydrogen (secondary N) is 2. The van der Waals surface area contributed by atoms with E-state index in [1.54, 1.807) is 24.7 Å². The molecule has 4 rings (SSSR count). The Labute approximate surface area is 202 Å². The summed E-state index contributed by atoms with van der Waals surface area (Å²) >= 11 is 6.02. The molecule has 0 fully saturated rings. The van der Waals surface area contributed by atoms with Crippen molar-refractivity contribution in [2.75, 3.05) is 11.9 Å². The normalized spacial score (nSPS) is 11.4.